The number of para-hydroxylation sites is 1. The van der Waals surface area contributed by atoms with Gasteiger partial charge >= 0.3 is 0 Å². The van der Waals surface area contributed by atoms with Crippen LogP contribution in [0.1, 0.15) is 11.1 Å². The minimum absolute atomic E-state index is 0.430. The van der Waals surface area contributed by atoms with Crippen molar-refractivity contribution in [2.45, 2.75) is 6.61 Å². The van der Waals surface area contributed by atoms with Crippen LogP contribution in [0.3, 0.4) is 0 Å². The van der Waals surface area contributed by atoms with Gasteiger partial charge in [-0.15, -0.1) is 0 Å². The molecule has 89 valence electrons. The van der Waals surface area contributed by atoms with E-state index in [0.717, 1.165) is 5.56 Å². The summed E-state index contributed by atoms with van der Waals surface area (Å²) in [5, 5.41) is 8.70. The van der Waals surface area contributed by atoms with Crippen LogP contribution in [0.4, 0.5) is 0 Å². The maximum atomic E-state index is 8.70. The Morgan fingerprint density at radius 2 is 2.00 bits per heavy atom. The van der Waals surface area contributed by atoms with Crippen LogP contribution in [0.2, 0.25) is 0 Å². The van der Waals surface area contributed by atoms with Crippen molar-refractivity contribution in [1.29, 1.82) is 5.26 Å². The lowest BCUT2D eigenvalue weighted by Gasteiger charge is -2.09. The molecule has 0 aliphatic heterocycles. The van der Waals surface area contributed by atoms with Crippen LogP contribution in [0.25, 0.3) is 0 Å². The lowest BCUT2D eigenvalue weighted by atomic mass is 10.1. The van der Waals surface area contributed by atoms with Crippen molar-refractivity contribution in [3.63, 3.8) is 0 Å². The van der Waals surface area contributed by atoms with E-state index < -0.39 is 0 Å². The normalized spacial score (nSPS) is 9.56. The molecule has 0 aromatic heterocycles. The van der Waals surface area contributed by atoms with Gasteiger partial charge in [-0.05, 0) is 23.8 Å². The molecule has 0 spiro atoms. The molecule has 18 heavy (non-hydrogen) atoms. The summed E-state index contributed by atoms with van der Waals surface area (Å²) in [6.45, 7) is 0.430. The molecule has 3 nitrogen and oxygen atoms in total. The topological polar surface area (TPSA) is 42.2 Å². The summed E-state index contributed by atoms with van der Waals surface area (Å²) in [6.07, 6.45) is 0. The summed E-state index contributed by atoms with van der Waals surface area (Å²) in [4.78, 5) is 0. The molecular weight excluding hydrogens is 226 g/mol. The van der Waals surface area contributed by atoms with Crippen LogP contribution in [-0.2, 0) is 6.61 Å². The number of nitriles is 1. The first-order chi connectivity index (χ1) is 8.83. The van der Waals surface area contributed by atoms with E-state index in [2.05, 4.69) is 12.1 Å². The Kier molecular flexibility index (Phi) is 3.83. The maximum absolute atomic E-state index is 8.70. The second-order valence-electron chi connectivity index (χ2n) is 3.67. The summed E-state index contributed by atoms with van der Waals surface area (Å²) < 4.78 is 10.8. The minimum atomic E-state index is 0.430. The van der Waals surface area contributed by atoms with Crippen molar-refractivity contribution in [2.24, 2.45) is 0 Å². The summed E-state index contributed by atoms with van der Waals surface area (Å²) in [5.74, 6) is 1.25. The number of methoxy groups -OCH3 is 1. The molecule has 2 aromatic carbocycles. The van der Waals surface area contributed by atoms with Gasteiger partial charge in [0.05, 0.1) is 18.7 Å². The Bertz CT molecular complexity index is 555. The zero-order valence-electron chi connectivity index (χ0n) is 10.0. The molecule has 0 aliphatic carbocycles. The zero-order chi connectivity index (χ0) is 12.8. The largest absolute Gasteiger partial charge is 0.492 e. The van der Waals surface area contributed by atoms with Gasteiger partial charge in [0.25, 0.3) is 0 Å². The smallest absolute Gasteiger partial charge is 0.168 e. The van der Waals surface area contributed by atoms with Gasteiger partial charge in [0.15, 0.2) is 11.5 Å². The highest BCUT2D eigenvalue weighted by Gasteiger charge is 2.03. The third-order valence-corrected chi connectivity index (χ3v) is 2.46. The number of hydrogen-bond donors (Lipinski definition) is 0. The van der Waals surface area contributed by atoms with Crippen molar-refractivity contribution in [2.75, 3.05) is 7.11 Å². The van der Waals surface area contributed by atoms with Crippen molar-refractivity contribution in [1.82, 2.24) is 0 Å². The molecule has 0 fully saturated rings. The third kappa shape index (κ3) is 2.80. The molecular formula is C15H12NO2. The molecule has 0 amide bonds. The first-order valence-electron chi connectivity index (χ1n) is 5.50. The van der Waals surface area contributed by atoms with Crippen LogP contribution < -0.4 is 9.47 Å². The highest BCUT2D eigenvalue weighted by atomic mass is 16.5. The fraction of sp³-hybridized carbons (Fsp3) is 0.133. The number of rotatable bonds is 4. The molecule has 0 saturated heterocycles. The summed E-state index contributed by atoms with van der Waals surface area (Å²) >= 11 is 0. The average molecular weight is 238 g/mol. The quantitative estimate of drug-likeness (QED) is 0.822. The Labute approximate surface area is 106 Å². The Morgan fingerprint density at radius 3 is 2.67 bits per heavy atom. The SMILES string of the molecule is COc1[c]cccc1OCc1ccc(C#N)cc1. The number of hydrogen-bond acceptors (Lipinski definition) is 3. The molecule has 3 heteroatoms. The van der Waals surface area contributed by atoms with E-state index in [9.17, 15) is 0 Å². The Morgan fingerprint density at radius 1 is 1.22 bits per heavy atom. The van der Waals surface area contributed by atoms with E-state index in [4.69, 9.17) is 14.7 Å². The van der Waals surface area contributed by atoms with Gasteiger partial charge in [-0.1, -0.05) is 24.3 Å². The predicted molar refractivity (Wildman–Crippen MR) is 67.3 cm³/mol. The summed E-state index contributed by atoms with van der Waals surface area (Å²) in [6, 6.07) is 17.8. The lowest BCUT2D eigenvalue weighted by Crippen LogP contribution is -1.97. The van der Waals surface area contributed by atoms with Gasteiger partial charge in [0.1, 0.15) is 6.61 Å². The van der Waals surface area contributed by atoms with Crippen molar-refractivity contribution in [3.05, 3.63) is 59.7 Å². The van der Waals surface area contributed by atoms with Gasteiger partial charge < -0.3 is 9.47 Å². The molecule has 0 aliphatic rings. The zero-order valence-corrected chi connectivity index (χ0v) is 10.0. The van der Waals surface area contributed by atoms with Gasteiger partial charge in [0, 0.05) is 6.07 Å². The van der Waals surface area contributed by atoms with Gasteiger partial charge in [-0.25, -0.2) is 0 Å². The number of ether oxygens (including phenoxy) is 2. The van der Waals surface area contributed by atoms with E-state index in [-0.39, 0.29) is 0 Å². The Balaban J connectivity index is 2.04. The molecule has 2 rings (SSSR count). The van der Waals surface area contributed by atoms with E-state index in [0.29, 0.717) is 23.7 Å². The van der Waals surface area contributed by atoms with Crippen molar-refractivity contribution < 1.29 is 9.47 Å². The fourth-order valence-corrected chi connectivity index (χ4v) is 1.52. The minimum Gasteiger partial charge on any atom is -0.492 e. The standard InChI is InChI=1S/C15H12NO2/c1-17-14-4-2-3-5-15(14)18-11-13-8-6-12(10-16)7-9-13/h2-3,5-9H,11H2,1H3. The molecule has 0 heterocycles. The second-order valence-corrected chi connectivity index (χ2v) is 3.67. The van der Waals surface area contributed by atoms with E-state index in [1.807, 2.05) is 24.3 Å². The van der Waals surface area contributed by atoms with Gasteiger partial charge in [-0.2, -0.15) is 5.26 Å². The highest BCUT2D eigenvalue weighted by molar-refractivity contribution is 5.38. The predicted octanol–water partition coefficient (Wildman–Crippen LogP) is 2.95. The Hall–Kier alpha value is -2.47. The van der Waals surface area contributed by atoms with Crippen LogP contribution >= 0.6 is 0 Å². The summed E-state index contributed by atoms with van der Waals surface area (Å²) in [7, 11) is 1.58. The van der Waals surface area contributed by atoms with Crippen molar-refractivity contribution >= 4 is 0 Å². The van der Waals surface area contributed by atoms with Crippen LogP contribution in [0.15, 0.2) is 42.5 Å². The molecule has 1 radical (unpaired) electrons. The summed E-state index contributed by atoms with van der Waals surface area (Å²) in [5.41, 5.74) is 1.64. The van der Waals surface area contributed by atoms with Gasteiger partial charge in [-0.3, -0.25) is 0 Å². The van der Waals surface area contributed by atoms with Gasteiger partial charge in [0.2, 0.25) is 0 Å². The molecule has 2 aromatic rings. The monoisotopic (exact) mass is 238 g/mol. The van der Waals surface area contributed by atoms with E-state index >= 15 is 0 Å². The fourth-order valence-electron chi connectivity index (χ4n) is 1.52. The number of benzene rings is 2. The number of nitrogens with zero attached hydrogens (tertiary/aromatic N) is 1. The molecule has 0 unspecified atom stereocenters. The molecule has 0 bridgehead atoms. The second kappa shape index (κ2) is 5.74. The van der Waals surface area contributed by atoms with Crippen LogP contribution in [0.5, 0.6) is 11.5 Å². The molecule has 0 N–H and O–H groups in total. The van der Waals surface area contributed by atoms with E-state index in [1.165, 1.54) is 0 Å². The molecule has 0 atom stereocenters. The first kappa shape index (κ1) is 12.0. The van der Waals surface area contributed by atoms with E-state index in [1.54, 1.807) is 25.3 Å². The molecule has 0 saturated carbocycles. The third-order valence-electron chi connectivity index (χ3n) is 2.46. The lowest BCUT2D eigenvalue weighted by molar-refractivity contribution is 0.284. The average Bonchev–Trinajstić information content (AvgIpc) is 2.46. The van der Waals surface area contributed by atoms with Crippen LogP contribution in [0, 0.1) is 17.4 Å². The maximum Gasteiger partial charge on any atom is 0.168 e. The highest BCUT2D eigenvalue weighted by Crippen LogP contribution is 2.26. The van der Waals surface area contributed by atoms with Crippen LogP contribution in [-0.4, -0.2) is 7.11 Å². The first-order valence-corrected chi connectivity index (χ1v) is 5.50. The van der Waals surface area contributed by atoms with Crippen molar-refractivity contribution in [3.8, 4) is 17.6 Å².